The van der Waals surface area contributed by atoms with Gasteiger partial charge in [0.15, 0.2) is 11.5 Å². The number of nitrogens with one attached hydrogen (secondary N) is 1. The van der Waals surface area contributed by atoms with Crippen molar-refractivity contribution in [1.82, 2.24) is 10.3 Å². The van der Waals surface area contributed by atoms with E-state index in [4.69, 9.17) is 19.9 Å². The molecule has 0 saturated carbocycles. The van der Waals surface area contributed by atoms with Crippen LogP contribution in [0.4, 0.5) is 11.5 Å². The lowest BCUT2D eigenvalue weighted by Gasteiger charge is -2.14. The molecular formula is C12H14N4O5. The highest BCUT2D eigenvalue weighted by atomic mass is 16.6. The molecule has 0 spiro atoms. The summed E-state index contributed by atoms with van der Waals surface area (Å²) in [5.41, 5.74) is 5.76. The van der Waals surface area contributed by atoms with Crippen molar-refractivity contribution in [3.8, 4) is 17.2 Å². The molecule has 0 saturated heterocycles. The van der Waals surface area contributed by atoms with Crippen LogP contribution in [0.15, 0.2) is 16.8 Å². The third kappa shape index (κ3) is 2.81. The molecule has 1 aromatic heterocycles. The maximum absolute atomic E-state index is 12.0. The second-order valence-corrected chi connectivity index (χ2v) is 3.87. The molecule has 0 aliphatic rings. The first-order valence-electron chi connectivity index (χ1n) is 5.80. The number of amides is 1. The van der Waals surface area contributed by atoms with E-state index in [-0.39, 0.29) is 11.5 Å². The molecule has 2 aromatic rings. The highest BCUT2D eigenvalue weighted by molar-refractivity contribution is 6.05. The first kappa shape index (κ1) is 14.4. The van der Waals surface area contributed by atoms with Gasteiger partial charge in [-0.25, -0.2) is 4.63 Å². The molecule has 3 N–H and O–H groups in total. The van der Waals surface area contributed by atoms with Crippen LogP contribution in [0.3, 0.4) is 0 Å². The molecule has 0 aliphatic heterocycles. The second kappa shape index (κ2) is 5.99. The van der Waals surface area contributed by atoms with Crippen LogP contribution in [-0.2, 0) is 0 Å². The van der Waals surface area contributed by atoms with E-state index in [0.29, 0.717) is 22.9 Å². The SMILES string of the molecule is COc1cc(NC(=O)c2nonc2N)cc(OC)c1OC. The molecule has 2 rings (SSSR count). The Hall–Kier alpha value is -2.97. The smallest absolute Gasteiger partial charge is 0.281 e. The lowest BCUT2D eigenvalue weighted by atomic mass is 10.2. The zero-order valence-corrected chi connectivity index (χ0v) is 11.7. The van der Waals surface area contributed by atoms with E-state index in [1.807, 2.05) is 0 Å². The maximum Gasteiger partial charge on any atom is 0.281 e. The molecule has 1 amide bonds. The van der Waals surface area contributed by atoms with E-state index in [1.165, 1.54) is 21.3 Å². The largest absolute Gasteiger partial charge is 0.493 e. The summed E-state index contributed by atoms with van der Waals surface area (Å²) in [7, 11) is 4.44. The Morgan fingerprint density at radius 1 is 1.14 bits per heavy atom. The number of nitrogen functional groups attached to an aromatic ring is 1. The van der Waals surface area contributed by atoms with Gasteiger partial charge < -0.3 is 25.3 Å². The summed E-state index contributed by atoms with van der Waals surface area (Å²) in [4.78, 5) is 12.0. The number of anilines is 2. The Labute approximate surface area is 119 Å². The standard InChI is InChI=1S/C12H14N4O5/c1-18-7-4-6(5-8(19-2)10(7)20-3)14-12(17)9-11(13)16-21-15-9/h4-5H,1-3H3,(H2,13,16)(H,14,17). The van der Waals surface area contributed by atoms with Gasteiger partial charge in [0, 0.05) is 17.8 Å². The topological polar surface area (TPSA) is 122 Å². The van der Waals surface area contributed by atoms with Gasteiger partial charge in [0.25, 0.3) is 5.91 Å². The Kier molecular flexibility index (Phi) is 4.12. The van der Waals surface area contributed by atoms with E-state index in [0.717, 1.165) is 0 Å². The average Bonchev–Trinajstić information content (AvgIpc) is 2.92. The molecule has 112 valence electrons. The number of ether oxygens (including phenoxy) is 3. The van der Waals surface area contributed by atoms with Crippen molar-refractivity contribution in [2.24, 2.45) is 0 Å². The molecule has 9 nitrogen and oxygen atoms in total. The minimum absolute atomic E-state index is 0.0973. The van der Waals surface area contributed by atoms with Gasteiger partial charge >= 0.3 is 0 Å². The number of hydrogen-bond acceptors (Lipinski definition) is 8. The third-order valence-corrected chi connectivity index (χ3v) is 2.65. The fraction of sp³-hybridized carbons (Fsp3) is 0.250. The van der Waals surface area contributed by atoms with E-state index in [1.54, 1.807) is 12.1 Å². The van der Waals surface area contributed by atoms with Gasteiger partial charge in [0.2, 0.25) is 17.3 Å². The monoisotopic (exact) mass is 294 g/mol. The minimum atomic E-state index is -0.567. The van der Waals surface area contributed by atoms with Crippen molar-refractivity contribution in [2.45, 2.75) is 0 Å². The summed E-state index contributed by atoms with van der Waals surface area (Å²) in [5.74, 6) is 0.556. The van der Waals surface area contributed by atoms with Gasteiger partial charge in [-0.3, -0.25) is 4.79 Å². The van der Waals surface area contributed by atoms with Gasteiger partial charge in [-0.2, -0.15) is 0 Å². The summed E-state index contributed by atoms with van der Waals surface area (Å²) < 4.78 is 19.9. The van der Waals surface area contributed by atoms with Gasteiger partial charge in [-0.05, 0) is 10.3 Å². The Morgan fingerprint density at radius 3 is 2.19 bits per heavy atom. The number of carbonyl (C=O) groups excluding carboxylic acids is 1. The second-order valence-electron chi connectivity index (χ2n) is 3.87. The quantitative estimate of drug-likeness (QED) is 0.835. The lowest BCUT2D eigenvalue weighted by Crippen LogP contribution is -2.14. The van der Waals surface area contributed by atoms with Crippen LogP contribution >= 0.6 is 0 Å². The van der Waals surface area contributed by atoms with Crippen LogP contribution in [0, 0.1) is 0 Å². The van der Waals surface area contributed by atoms with Gasteiger partial charge in [-0.15, -0.1) is 0 Å². The summed E-state index contributed by atoms with van der Waals surface area (Å²) in [6.07, 6.45) is 0. The van der Waals surface area contributed by atoms with Crippen LogP contribution in [0.25, 0.3) is 0 Å². The molecule has 9 heteroatoms. The van der Waals surface area contributed by atoms with Crippen molar-refractivity contribution >= 4 is 17.4 Å². The number of aromatic nitrogens is 2. The number of carbonyl (C=O) groups is 1. The Bertz CT molecular complexity index is 630. The van der Waals surface area contributed by atoms with Crippen molar-refractivity contribution in [3.05, 3.63) is 17.8 Å². The molecule has 0 aliphatic carbocycles. The van der Waals surface area contributed by atoms with Crippen LogP contribution in [-0.4, -0.2) is 37.5 Å². The van der Waals surface area contributed by atoms with Crippen LogP contribution in [0.1, 0.15) is 10.5 Å². The number of hydrogen-bond donors (Lipinski definition) is 2. The van der Waals surface area contributed by atoms with Gasteiger partial charge in [-0.1, -0.05) is 0 Å². The summed E-state index contributed by atoms with van der Waals surface area (Å²) in [5, 5.41) is 9.34. The maximum atomic E-state index is 12.0. The van der Waals surface area contributed by atoms with E-state index < -0.39 is 5.91 Å². The van der Waals surface area contributed by atoms with Crippen LogP contribution in [0.2, 0.25) is 0 Å². The molecule has 0 bridgehead atoms. The molecule has 0 unspecified atom stereocenters. The molecule has 21 heavy (non-hydrogen) atoms. The minimum Gasteiger partial charge on any atom is -0.493 e. The number of methoxy groups -OCH3 is 3. The highest BCUT2D eigenvalue weighted by Crippen LogP contribution is 2.40. The van der Waals surface area contributed by atoms with Gasteiger partial charge in [0.1, 0.15) is 0 Å². The van der Waals surface area contributed by atoms with E-state index in [2.05, 4.69) is 20.3 Å². The van der Waals surface area contributed by atoms with E-state index in [9.17, 15) is 4.79 Å². The number of nitrogens with zero attached hydrogens (tertiary/aromatic N) is 2. The number of benzene rings is 1. The zero-order valence-electron chi connectivity index (χ0n) is 11.7. The fourth-order valence-electron chi connectivity index (χ4n) is 1.70. The molecule has 0 radical (unpaired) electrons. The highest BCUT2D eigenvalue weighted by Gasteiger charge is 2.19. The first-order chi connectivity index (χ1) is 10.1. The predicted octanol–water partition coefficient (Wildman–Crippen LogP) is 0.930. The molecule has 0 fully saturated rings. The average molecular weight is 294 g/mol. The molecular weight excluding hydrogens is 280 g/mol. The van der Waals surface area contributed by atoms with Gasteiger partial charge in [0.05, 0.1) is 21.3 Å². The lowest BCUT2D eigenvalue weighted by molar-refractivity contribution is 0.101. The fourth-order valence-corrected chi connectivity index (χ4v) is 1.70. The van der Waals surface area contributed by atoms with E-state index >= 15 is 0 Å². The summed E-state index contributed by atoms with van der Waals surface area (Å²) >= 11 is 0. The normalized spacial score (nSPS) is 10.0. The predicted molar refractivity (Wildman–Crippen MR) is 72.8 cm³/mol. The number of nitrogens with two attached hydrogens (primary N) is 1. The van der Waals surface area contributed by atoms with Crippen molar-refractivity contribution in [3.63, 3.8) is 0 Å². The van der Waals surface area contributed by atoms with Crippen molar-refractivity contribution in [2.75, 3.05) is 32.4 Å². The molecule has 1 heterocycles. The zero-order chi connectivity index (χ0) is 15.4. The number of rotatable bonds is 5. The third-order valence-electron chi connectivity index (χ3n) is 2.65. The summed E-state index contributed by atoms with van der Waals surface area (Å²) in [6.45, 7) is 0. The Morgan fingerprint density at radius 2 is 1.76 bits per heavy atom. The van der Waals surface area contributed by atoms with Crippen molar-refractivity contribution in [1.29, 1.82) is 0 Å². The molecule has 1 aromatic carbocycles. The Balaban J connectivity index is 2.32. The summed E-state index contributed by atoms with van der Waals surface area (Å²) in [6, 6.07) is 3.14. The van der Waals surface area contributed by atoms with Crippen LogP contribution < -0.4 is 25.3 Å². The van der Waals surface area contributed by atoms with Crippen molar-refractivity contribution < 1.29 is 23.6 Å². The molecule has 0 atom stereocenters. The van der Waals surface area contributed by atoms with Crippen LogP contribution in [0.5, 0.6) is 17.2 Å². The first-order valence-corrected chi connectivity index (χ1v) is 5.80.